The van der Waals surface area contributed by atoms with Crippen molar-refractivity contribution in [3.63, 3.8) is 0 Å². The minimum absolute atomic E-state index is 0.00588. The second-order valence-corrected chi connectivity index (χ2v) is 6.54. The molecule has 0 aromatic carbocycles. The molecule has 2 fully saturated rings. The average Bonchev–Trinajstić information content (AvgIpc) is 2.83. The molecule has 2 heterocycles. The van der Waals surface area contributed by atoms with Gasteiger partial charge in [-0.1, -0.05) is 6.92 Å². The number of hydrogen-bond donors (Lipinski definition) is 1. The van der Waals surface area contributed by atoms with Gasteiger partial charge in [-0.2, -0.15) is 0 Å². The van der Waals surface area contributed by atoms with Crippen LogP contribution in [-0.2, 0) is 14.3 Å². The number of aliphatic carboxylic acids is 1. The molecule has 1 N–H and O–H groups in total. The van der Waals surface area contributed by atoms with Gasteiger partial charge in [-0.25, -0.2) is 0 Å². The molecule has 0 spiro atoms. The van der Waals surface area contributed by atoms with E-state index in [0.29, 0.717) is 19.3 Å². The fourth-order valence-corrected chi connectivity index (χ4v) is 3.47. The quantitative estimate of drug-likeness (QED) is 0.834. The van der Waals surface area contributed by atoms with Crippen molar-refractivity contribution in [3.8, 4) is 0 Å². The van der Waals surface area contributed by atoms with Crippen molar-refractivity contribution in [3.05, 3.63) is 0 Å². The SMILES string of the molecule is CCCN(C1CCOC(C)(C)C1)C1COCC1C(=O)O. The molecule has 2 aliphatic rings. The maximum absolute atomic E-state index is 11.4. The van der Waals surface area contributed by atoms with Crippen molar-refractivity contribution in [2.24, 2.45) is 5.92 Å². The zero-order valence-corrected chi connectivity index (χ0v) is 12.8. The maximum Gasteiger partial charge on any atom is 0.310 e. The Balaban J connectivity index is 2.11. The number of carboxylic acids is 1. The van der Waals surface area contributed by atoms with Gasteiger partial charge in [-0.15, -0.1) is 0 Å². The number of carboxylic acid groups (broad SMARTS) is 1. The van der Waals surface area contributed by atoms with Crippen LogP contribution in [0.2, 0.25) is 0 Å². The van der Waals surface area contributed by atoms with Gasteiger partial charge < -0.3 is 14.6 Å². The lowest BCUT2D eigenvalue weighted by Gasteiger charge is -2.44. The van der Waals surface area contributed by atoms with Crippen molar-refractivity contribution in [2.45, 2.75) is 57.7 Å². The molecule has 2 aliphatic heterocycles. The Morgan fingerprint density at radius 1 is 1.40 bits per heavy atom. The largest absolute Gasteiger partial charge is 0.481 e. The highest BCUT2D eigenvalue weighted by molar-refractivity contribution is 5.71. The molecule has 0 amide bonds. The first kappa shape index (κ1) is 15.7. The van der Waals surface area contributed by atoms with Crippen LogP contribution in [0.25, 0.3) is 0 Å². The zero-order valence-electron chi connectivity index (χ0n) is 12.8. The van der Waals surface area contributed by atoms with Gasteiger partial charge in [-0.05, 0) is 39.7 Å². The zero-order chi connectivity index (χ0) is 14.8. The molecule has 2 saturated heterocycles. The smallest absolute Gasteiger partial charge is 0.310 e. The summed E-state index contributed by atoms with van der Waals surface area (Å²) in [6.07, 6.45) is 2.96. The summed E-state index contributed by atoms with van der Waals surface area (Å²) in [5, 5.41) is 9.37. The lowest BCUT2D eigenvalue weighted by atomic mass is 9.90. The molecule has 116 valence electrons. The third-order valence-corrected chi connectivity index (χ3v) is 4.42. The van der Waals surface area contributed by atoms with Crippen LogP contribution >= 0.6 is 0 Å². The summed E-state index contributed by atoms with van der Waals surface area (Å²) < 4.78 is 11.2. The maximum atomic E-state index is 11.4. The third-order valence-electron chi connectivity index (χ3n) is 4.42. The molecule has 2 rings (SSSR count). The summed E-state index contributed by atoms with van der Waals surface area (Å²) in [4.78, 5) is 13.8. The highest BCUT2D eigenvalue weighted by Crippen LogP contribution is 2.31. The fourth-order valence-electron chi connectivity index (χ4n) is 3.47. The van der Waals surface area contributed by atoms with E-state index >= 15 is 0 Å². The Morgan fingerprint density at radius 3 is 2.75 bits per heavy atom. The molecule has 0 saturated carbocycles. The van der Waals surface area contributed by atoms with E-state index in [1.165, 1.54) is 0 Å². The monoisotopic (exact) mass is 285 g/mol. The van der Waals surface area contributed by atoms with Gasteiger partial charge in [0.1, 0.15) is 0 Å². The highest BCUT2D eigenvalue weighted by Gasteiger charge is 2.42. The highest BCUT2D eigenvalue weighted by atomic mass is 16.5. The lowest BCUT2D eigenvalue weighted by Crippen LogP contribution is -2.53. The summed E-state index contributed by atoms with van der Waals surface area (Å²) in [5.41, 5.74) is -0.118. The minimum atomic E-state index is -0.736. The van der Waals surface area contributed by atoms with E-state index in [0.717, 1.165) is 32.4 Å². The minimum Gasteiger partial charge on any atom is -0.481 e. The molecule has 0 aliphatic carbocycles. The van der Waals surface area contributed by atoms with E-state index in [4.69, 9.17) is 9.47 Å². The van der Waals surface area contributed by atoms with E-state index < -0.39 is 11.9 Å². The lowest BCUT2D eigenvalue weighted by molar-refractivity contribution is -0.144. The molecular formula is C15H27NO4. The standard InChI is InChI=1S/C15H27NO4/c1-4-6-16(11-5-7-20-15(2,3)8-11)13-10-19-9-12(13)14(17)18/h11-13H,4-10H2,1-3H3,(H,17,18). The predicted molar refractivity (Wildman–Crippen MR) is 75.8 cm³/mol. The van der Waals surface area contributed by atoms with Crippen LogP contribution in [0.3, 0.4) is 0 Å². The van der Waals surface area contributed by atoms with Gasteiger partial charge in [0.05, 0.1) is 24.7 Å². The number of carbonyl (C=O) groups is 1. The molecule has 3 unspecified atom stereocenters. The summed E-state index contributed by atoms with van der Waals surface area (Å²) in [5.74, 6) is -1.13. The molecule has 20 heavy (non-hydrogen) atoms. The first-order chi connectivity index (χ1) is 9.44. The Morgan fingerprint density at radius 2 is 2.15 bits per heavy atom. The Labute approximate surface area is 121 Å². The second kappa shape index (κ2) is 6.41. The normalized spacial score (nSPS) is 33.5. The molecule has 5 heteroatoms. The third kappa shape index (κ3) is 3.51. The van der Waals surface area contributed by atoms with Gasteiger partial charge in [0, 0.05) is 18.7 Å². The molecule has 0 aromatic rings. The van der Waals surface area contributed by atoms with Gasteiger partial charge in [-0.3, -0.25) is 9.69 Å². The first-order valence-corrected chi connectivity index (χ1v) is 7.65. The first-order valence-electron chi connectivity index (χ1n) is 7.65. The van der Waals surface area contributed by atoms with Crippen molar-refractivity contribution in [2.75, 3.05) is 26.4 Å². The van der Waals surface area contributed by atoms with E-state index in [2.05, 4.69) is 25.7 Å². The van der Waals surface area contributed by atoms with Crippen molar-refractivity contribution in [1.29, 1.82) is 0 Å². The van der Waals surface area contributed by atoms with Crippen molar-refractivity contribution in [1.82, 2.24) is 4.90 Å². The number of ether oxygens (including phenoxy) is 2. The van der Waals surface area contributed by atoms with Gasteiger partial charge >= 0.3 is 5.97 Å². The van der Waals surface area contributed by atoms with Gasteiger partial charge in [0.25, 0.3) is 0 Å². The van der Waals surface area contributed by atoms with Crippen LogP contribution in [0.15, 0.2) is 0 Å². The number of rotatable bonds is 5. The van der Waals surface area contributed by atoms with Crippen LogP contribution in [0.1, 0.15) is 40.0 Å². The Hall–Kier alpha value is -0.650. The van der Waals surface area contributed by atoms with Crippen LogP contribution in [0.5, 0.6) is 0 Å². The fraction of sp³-hybridized carbons (Fsp3) is 0.933. The van der Waals surface area contributed by atoms with Gasteiger partial charge in [0.15, 0.2) is 0 Å². The van der Waals surface area contributed by atoms with Crippen molar-refractivity contribution >= 4 is 5.97 Å². The van der Waals surface area contributed by atoms with E-state index in [1.807, 2.05) is 0 Å². The van der Waals surface area contributed by atoms with E-state index in [9.17, 15) is 9.90 Å². The molecule has 0 aromatic heterocycles. The Kier molecular flexibility index (Phi) is 5.04. The number of hydrogen-bond acceptors (Lipinski definition) is 4. The van der Waals surface area contributed by atoms with Gasteiger partial charge in [0.2, 0.25) is 0 Å². The molecule has 0 radical (unpaired) electrons. The van der Waals surface area contributed by atoms with Crippen LogP contribution in [0.4, 0.5) is 0 Å². The van der Waals surface area contributed by atoms with Crippen molar-refractivity contribution < 1.29 is 19.4 Å². The Bertz CT molecular complexity index is 345. The summed E-state index contributed by atoms with van der Waals surface area (Å²) >= 11 is 0. The summed E-state index contributed by atoms with van der Waals surface area (Å²) in [7, 11) is 0. The molecule has 5 nitrogen and oxygen atoms in total. The van der Waals surface area contributed by atoms with Crippen LogP contribution in [0, 0.1) is 5.92 Å². The summed E-state index contributed by atoms with van der Waals surface area (Å²) in [6.45, 7) is 8.93. The topological polar surface area (TPSA) is 59.0 Å². The molecule has 3 atom stereocenters. The van der Waals surface area contributed by atoms with Crippen LogP contribution in [-0.4, -0.2) is 60.0 Å². The van der Waals surface area contributed by atoms with Crippen LogP contribution < -0.4 is 0 Å². The molecule has 0 bridgehead atoms. The number of nitrogens with zero attached hydrogens (tertiary/aromatic N) is 1. The second-order valence-electron chi connectivity index (χ2n) is 6.54. The predicted octanol–water partition coefficient (Wildman–Crippen LogP) is 1.76. The average molecular weight is 285 g/mol. The van der Waals surface area contributed by atoms with E-state index in [1.54, 1.807) is 0 Å². The summed E-state index contributed by atoms with van der Waals surface area (Å²) in [6, 6.07) is 0.401. The molecular weight excluding hydrogens is 258 g/mol. The van der Waals surface area contributed by atoms with E-state index in [-0.39, 0.29) is 11.6 Å².